The van der Waals surface area contributed by atoms with Crippen LogP contribution >= 0.6 is 0 Å². The number of cyclic esters (lactones) is 4. The lowest BCUT2D eigenvalue weighted by molar-refractivity contribution is -0.153. The van der Waals surface area contributed by atoms with Crippen molar-refractivity contribution in [3.05, 3.63) is 0 Å². The van der Waals surface area contributed by atoms with Crippen molar-refractivity contribution in [2.45, 2.75) is 112 Å². The van der Waals surface area contributed by atoms with E-state index in [1.807, 2.05) is 34.6 Å². The van der Waals surface area contributed by atoms with Gasteiger partial charge in [-0.2, -0.15) is 0 Å². The first kappa shape index (κ1) is 30.9. The van der Waals surface area contributed by atoms with E-state index in [4.69, 9.17) is 14.2 Å². The second-order valence-electron chi connectivity index (χ2n) is 8.57. The van der Waals surface area contributed by atoms with Crippen molar-refractivity contribution in [2.24, 2.45) is 11.8 Å². The van der Waals surface area contributed by atoms with Gasteiger partial charge in [0.25, 0.3) is 0 Å². The van der Waals surface area contributed by atoms with E-state index >= 15 is 0 Å². The first-order valence-electron chi connectivity index (χ1n) is 12.4. The van der Waals surface area contributed by atoms with E-state index in [1.165, 1.54) is 0 Å². The van der Waals surface area contributed by atoms with Crippen LogP contribution in [-0.4, -0.2) is 49.3 Å². The number of rotatable bonds is 1. The van der Waals surface area contributed by atoms with Crippen molar-refractivity contribution in [1.29, 1.82) is 0 Å². The molecule has 4 unspecified atom stereocenters. The van der Waals surface area contributed by atoms with Crippen LogP contribution < -0.4 is 0 Å². The molecule has 4 aliphatic heterocycles. The van der Waals surface area contributed by atoms with Crippen molar-refractivity contribution >= 4 is 23.9 Å². The summed E-state index contributed by atoms with van der Waals surface area (Å²) in [6.45, 7) is 13.3. The van der Waals surface area contributed by atoms with Gasteiger partial charge < -0.3 is 18.9 Å². The van der Waals surface area contributed by atoms with Crippen LogP contribution in [0.5, 0.6) is 0 Å². The molecule has 4 rings (SSSR count). The summed E-state index contributed by atoms with van der Waals surface area (Å²) in [6, 6.07) is 0. The summed E-state index contributed by atoms with van der Waals surface area (Å²) in [7, 11) is 0. The minimum Gasteiger partial charge on any atom is -0.465 e. The number of carbonyl (C=O) groups is 4. The van der Waals surface area contributed by atoms with Gasteiger partial charge in [0.15, 0.2) is 0 Å². The highest BCUT2D eigenvalue weighted by atomic mass is 16.6. The molecule has 8 heteroatoms. The standard InChI is InChI=1S/C7H12O2.C6H10O2.2C5H8O2.C2H6/c1-2-6-4-3-5-7(8)9-6;1-5-2-3-6(7)8-4-5;1-4-2-5(6)7-3-4;1-4-2-3-5(6)7-4;1-2/h6H,2-5H2,1H3;5H,2-4H2,1H3;2*4H,2-3H2,1H3;1-2H3. The molecule has 4 fully saturated rings. The van der Waals surface area contributed by atoms with Crippen LogP contribution in [0.4, 0.5) is 0 Å². The van der Waals surface area contributed by atoms with Crippen LogP contribution in [0.15, 0.2) is 0 Å². The normalized spacial score (nSPS) is 27.8. The van der Waals surface area contributed by atoms with Gasteiger partial charge in [0.1, 0.15) is 6.10 Å². The topological polar surface area (TPSA) is 105 Å². The lowest BCUT2D eigenvalue weighted by atomic mass is 10.1. The molecule has 192 valence electrons. The number of esters is 4. The maximum absolute atomic E-state index is 10.6. The van der Waals surface area contributed by atoms with Gasteiger partial charge in [0.05, 0.1) is 25.7 Å². The molecule has 0 amide bonds. The molecule has 0 saturated carbocycles. The minimum atomic E-state index is -0.0486. The Bertz CT molecular complexity index is 555. The largest absolute Gasteiger partial charge is 0.465 e. The zero-order valence-electron chi connectivity index (χ0n) is 21.4. The summed E-state index contributed by atoms with van der Waals surface area (Å²) >= 11 is 0. The van der Waals surface area contributed by atoms with Crippen molar-refractivity contribution in [3.8, 4) is 0 Å². The predicted molar refractivity (Wildman–Crippen MR) is 124 cm³/mol. The van der Waals surface area contributed by atoms with Crippen molar-refractivity contribution in [2.75, 3.05) is 13.2 Å². The summed E-state index contributed by atoms with van der Waals surface area (Å²) in [4.78, 5) is 41.5. The summed E-state index contributed by atoms with van der Waals surface area (Å²) < 4.78 is 19.1. The van der Waals surface area contributed by atoms with Crippen LogP contribution in [0.2, 0.25) is 0 Å². The molecule has 8 nitrogen and oxygen atoms in total. The molecular weight excluding hydrogens is 428 g/mol. The van der Waals surface area contributed by atoms with Crippen LogP contribution in [-0.2, 0) is 38.1 Å². The molecular formula is C25H44O8. The molecule has 4 saturated heterocycles. The molecule has 4 heterocycles. The highest BCUT2D eigenvalue weighted by Gasteiger charge is 2.19. The minimum absolute atomic E-state index is 0.0203. The number of ether oxygens (including phenoxy) is 4. The summed E-state index contributed by atoms with van der Waals surface area (Å²) in [5, 5.41) is 0. The van der Waals surface area contributed by atoms with Crippen molar-refractivity contribution in [1.82, 2.24) is 0 Å². The Labute approximate surface area is 199 Å². The van der Waals surface area contributed by atoms with Gasteiger partial charge in [-0.05, 0) is 44.9 Å². The fourth-order valence-electron chi connectivity index (χ4n) is 3.12. The average Bonchev–Trinajstić information content (AvgIpc) is 3.38. The van der Waals surface area contributed by atoms with Gasteiger partial charge >= 0.3 is 23.9 Å². The van der Waals surface area contributed by atoms with E-state index in [0.717, 1.165) is 32.1 Å². The van der Waals surface area contributed by atoms with E-state index in [2.05, 4.69) is 11.7 Å². The van der Waals surface area contributed by atoms with Gasteiger partial charge in [-0.25, -0.2) is 0 Å². The van der Waals surface area contributed by atoms with Crippen LogP contribution in [0.1, 0.15) is 99.3 Å². The SMILES string of the molecule is CC.CC1CCC(=O)O1.CC1CCC(=O)OC1.CC1COC(=O)C1.CCC1CCCC(=O)O1. The second kappa shape index (κ2) is 18.3. The Balaban J connectivity index is 0.000000405. The Morgan fingerprint density at radius 3 is 1.55 bits per heavy atom. The third kappa shape index (κ3) is 16.2. The Morgan fingerprint density at radius 1 is 0.697 bits per heavy atom. The molecule has 0 N–H and O–H groups in total. The number of carbonyl (C=O) groups excluding carboxylic acids is 4. The second-order valence-corrected chi connectivity index (χ2v) is 8.57. The fourth-order valence-corrected chi connectivity index (χ4v) is 3.12. The molecule has 0 bridgehead atoms. The average molecular weight is 473 g/mol. The highest BCUT2D eigenvalue weighted by Crippen LogP contribution is 2.16. The van der Waals surface area contributed by atoms with Crippen molar-refractivity contribution < 1.29 is 38.1 Å². The smallest absolute Gasteiger partial charge is 0.306 e. The Morgan fingerprint density at radius 2 is 1.27 bits per heavy atom. The van der Waals surface area contributed by atoms with Gasteiger partial charge in [-0.15, -0.1) is 0 Å². The van der Waals surface area contributed by atoms with Gasteiger partial charge in [-0.1, -0.05) is 34.6 Å². The molecule has 0 aromatic carbocycles. The van der Waals surface area contributed by atoms with E-state index in [9.17, 15) is 19.2 Å². The molecule has 0 radical (unpaired) electrons. The zero-order valence-corrected chi connectivity index (χ0v) is 21.4. The summed E-state index contributed by atoms with van der Waals surface area (Å²) in [5.74, 6) is 0.872. The molecule has 0 spiro atoms. The van der Waals surface area contributed by atoms with E-state index in [1.54, 1.807) is 0 Å². The predicted octanol–water partition coefficient (Wildman–Crippen LogP) is 4.76. The Kier molecular flexibility index (Phi) is 17.1. The van der Waals surface area contributed by atoms with Gasteiger partial charge in [0, 0.05) is 25.2 Å². The zero-order chi connectivity index (χ0) is 25.2. The number of hydrogen-bond donors (Lipinski definition) is 0. The lowest BCUT2D eigenvalue weighted by Gasteiger charge is -2.20. The lowest BCUT2D eigenvalue weighted by Crippen LogP contribution is -2.22. The van der Waals surface area contributed by atoms with Gasteiger partial charge in [-0.3, -0.25) is 19.2 Å². The monoisotopic (exact) mass is 472 g/mol. The fraction of sp³-hybridized carbons (Fsp3) is 0.840. The molecule has 33 heavy (non-hydrogen) atoms. The molecule has 4 aliphatic rings. The van der Waals surface area contributed by atoms with E-state index < -0.39 is 0 Å². The van der Waals surface area contributed by atoms with Crippen LogP contribution in [0.3, 0.4) is 0 Å². The maximum atomic E-state index is 10.6. The van der Waals surface area contributed by atoms with E-state index in [0.29, 0.717) is 50.7 Å². The number of hydrogen-bond acceptors (Lipinski definition) is 8. The first-order chi connectivity index (χ1) is 15.7. The summed E-state index contributed by atoms with van der Waals surface area (Å²) in [5.41, 5.74) is 0. The van der Waals surface area contributed by atoms with Crippen LogP contribution in [0, 0.1) is 11.8 Å². The third-order valence-corrected chi connectivity index (χ3v) is 5.16. The molecule has 0 aromatic heterocycles. The molecule has 4 atom stereocenters. The highest BCUT2D eigenvalue weighted by molar-refractivity contribution is 5.71. The van der Waals surface area contributed by atoms with Crippen LogP contribution in [0.25, 0.3) is 0 Å². The quantitative estimate of drug-likeness (QED) is 0.397. The van der Waals surface area contributed by atoms with Gasteiger partial charge in [0.2, 0.25) is 0 Å². The van der Waals surface area contributed by atoms with E-state index in [-0.39, 0.29) is 36.1 Å². The molecule has 0 aliphatic carbocycles. The molecule has 0 aromatic rings. The van der Waals surface area contributed by atoms with Crippen molar-refractivity contribution in [3.63, 3.8) is 0 Å². The maximum Gasteiger partial charge on any atom is 0.306 e. The third-order valence-electron chi connectivity index (χ3n) is 5.16. The summed E-state index contributed by atoms with van der Waals surface area (Å²) in [6.07, 6.45) is 7.78. The Hall–Kier alpha value is -2.12. The first-order valence-corrected chi connectivity index (χ1v) is 12.4.